The van der Waals surface area contributed by atoms with Crippen LogP contribution in [0.25, 0.3) is 0 Å². The molecule has 13 heavy (non-hydrogen) atoms. The van der Waals surface area contributed by atoms with Crippen molar-refractivity contribution >= 4 is 0 Å². The van der Waals surface area contributed by atoms with Gasteiger partial charge in [-0.3, -0.25) is 0 Å². The zero-order chi connectivity index (χ0) is 9.68. The van der Waals surface area contributed by atoms with Gasteiger partial charge in [-0.15, -0.1) is 0 Å². The van der Waals surface area contributed by atoms with Crippen LogP contribution in [0.3, 0.4) is 0 Å². The van der Waals surface area contributed by atoms with Crippen molar-refractivity contribution in [3.05, 3.63) is 35.4 Å². The molecule has 0 atom stereocenters. The molecule has 0 radical (unpaired) electrons. The van der Waals surface area contributed by atoms with E-state index in [1.165, 1.54) is 5.56 Å². The van der Waals surface area contributed by atoms with Crippen molar-refractivity contribution in [2.45, 2.75) is 26.3 Å². The molecule has 0 aromatic heterocycles. The number of nitrogens with zero attached hydrogens (tertiary/aromatic N) is 1. The molecule has 0 aliphatic heterocycles. The van der Waals surface area contributed by atoms with Crippen molar-refractivity contribution in [1.82, 2.24) is 5.32 Å². The largest absolute Gasteiger partial charge is 0.319 e. The first-order chi connectivity index (χ1) is 6.24. The van der Waals surface area contributed by atoms with Gasteiger partial charge in [0.05, 0.1) is 0 Å². The number of hydrogen-bond donors (Lipinski definition) is 1. The Morgan fingerprint density at radius 3 is 2.38 bits per heavy atom. The lowest BCUT2D eigenvalue weighted by atomic mass is 10.0. The third kappa shape index (κ3) is 2.79. The van der Waals surface area contributed by atoms with Gasteiger partial charge in [-0.1, -0.05) is 38.1 Å². The zero-order valence-electron chi connectivity index (χ0n) is 8.04. The molecule has 1 N–H and O–H groups in total. The first-order valence-electron chi connectivity index (χ1n) is 4.45. The molecular weight excluding hydrogens is 160 g/mol. The summed E-state index contributed by atoms with van der Waals surface area (Å²) >= 11 is 0. The van der Waals surface area contributed by atoms with Crippen LogP contribution in [-0.2, 0) is 6.54 Å². The summed E-state index contributed by atoms with van der Waals surface area (Å²) < 4.78 is 0. The monoisotopic (exact) mass is 174 g/mol. The lowest BCUT2D eigenvalue weighted by molar-refractivity contribution is 0.854. The Labute approximate surface area is 79.2 Å². The van der Waals surface area contributed by atoms with E-state index in [4.69, 9.17) is 5.26 Å². The number of nitriles is 1. The highest BCUT2D eigenvalue weighted by Crippen LogP contribution is 2.14. The maximum absolute atomic E-state index is 8.31. The average molecular weight is 174 g/mol. The highest BCUT2D eigenvalue weighted by atomic mass is 14.8. The Kier molecular flexibility index (Phi) is 3.33. The maximum atomic E-state index is 8.31. The van der Waals surface area contributed by atoms with Crippen molar-refractivity contribution in [1.29, 1.82) is 5.26 Å². The minimum absolute atomic E-state index is 0.568. The zero-order valence-corrected chi connectivity index (χ0v) is 8.04. The van der Waals surface area contributed by atoms with Gasteiger partial charge in [-0.05, 0) is 17.0 Å². The van der Waals surface area contributed by atoms with E-state index in [-0.39, 0.29) is 0 Å². The second-order valence-electron chi connectivity index (χ2n) is 3.36. The van der Waals surface area contributed by atoms with Crippen LogP contribution in [0.2, 0.25) is 0 Å². The summed E-state index contributed by atoms with van der Waals surface area (Å²) in [5, 5.41) is 10.9. The van der Waals surface area contributed by atoms with Gasteiger partial charge in [0.1, 0.15) is 0 Å². The first kappa shape index (κ1) is 9.60. The minimum Gasteiger partial charge on any atom is -0.319 e. The molecular formula is C11H14N2. The van der Waals surface area contributed by atoms with Gasteiger partial charge >= 0.3 is 0 Å². The quantitative estimate of drug-likeness (QED) is 0.564. The lowest BCUT2D eigenvalue weighted by Gasteiger charge is -2.05. The highest BCUT2D eigenvalue weighted by molar-refractivity contribution is 5.24. The van der Waals surface area contributed by atoms with Gasteiger partial charge in [0.25, 0.3) is 0 Å². The molecule has 0 bridgehead atoms. The van der Waals surface area contributed by atoms with E-state index in [1.807, 2.05) is 6.19 Å². The molecule has 68 valence electrons. The fourth-order valence-corrected chi connectivity index (χ4v) is 1.16. The molecule has 0 fully saturated rings. The maximum Gasteiger partial charge on any atom is 0.176 e. The average Bonchev–Trinajstić information content (AvgIpc) is 2.15. The number of nitrogens with one attached hydrogen (secondary N) is 1. The standard InChI is InChI=1S/C11H14N2/c1-9(2)11-5-3-10(4-6-11)7-13-8-12/h3-6,9,13H,7H2,1-2H3. The third-order valence-electron chi connectivity index (χ3n) is 2.02. The van der Waals surface area contributed by atoms with Crippen LogP contribution in [0.4, 0.5) is 0 Å². The van der Waals surface area contributed by atoms with Crippen molar-refractivity contribution < 1.29 is 0 Å². The second-order valence-corrected chi connectivity index (χ2v) is 3.36. The van der Waals surface area contributed by atoms with Crippen molar-refractivity contribution in [2.24, 2.45) is 0 Å². The predicted octanol–water partition coefficient (Wildman–Crippen LogP) is 2.38. The van der Waals surface area contributed by atoms with E-state index < -0.39 is 0 Å². The first-order valence-corrected chi connectivity index (χ1v) is 4.45. The molecule has 0 spiro atoms. The van der Waals surface area contributed by atoms with Gasteiger partial charge in [0, 0.05) is 6.54 Å². The summed E-state index contributed by atoms with van der Waals surface area (Å²) in [6.07, 6.45) is 1.90. The SMILES string of the molecule is CC(C)c1ccc(CNC#N)cc1. The summed E-state index contributed by atoms with van der Waals surface area (Å²) in [7, 11) is 0. The summed E-state index contributed by atoms with van der Waals surface area (Å²) in [4.78, 5) is 0. The molecule has 1 rings (SSSR count). The van der Waals surface area contributed by atoms with E-state index in [1.54, 1.807) is 0 Å². The Morgan fingerprint density at radius 2 is 1.92 bits per heavy atom. The van der Waals surface area contributed by atoms with Crippen LogP contribution >= 0.6 is 0 Å². The number of hydrogen-bond acceptors (Lipinski definition) is 2. The predicted molar refractivity (Wildman–Crippen MR) is 53.0 cm³/mol. The molecule has 1 aromatic rings. The van der Waals surface area contributed by atoms with Crippen LogP contribution in [0, 0.1) is 11.5 Å². The second kappa shape index (κ2) is 4.51. The van der Waals surface area contributed by atoms with Crippen LogP contribution in [0.5, 0.6) is 0 Å². The highest BCUT2D eigenvalue weighted by Gasteiger charge is 1.97. The summed E-state index contributed by atoms with van der Waals surface area (Å²) in [5.74, 6) is 0.568. The van der Waals surface area contributed by atoms with Gasteiger partial charge in [0.2, 0.25) is 0 Å². The van der Waals surface area contributed by atoms with Gasteiger partial charge in [0.15, 0.2) is 6.19 Å². The van der Waals surface area contributed by atoms with Crippen LogP contribution in [-0.4, -0.2) is 0 Å². The van der Waals surface area contributed by atoms with Crippen LogP contribution < -0.4 is 5.32 Å². The minimum atomic E-state index is 0.568. The third-order valence-corrected chi connectivity index (χ3v) is 2.02. The Balaban J connectivity index is 2.65. The van der Waals surface area contributed by atoms with Gasteiger partial charge in [-0.2, -0.15) is 5.26 Å². The van der Waals surface area contributed by atoms with Crippen molar-refractivity contribution in [3.63, 3.8) is 0 Å². The molecule has 0 amide bonds. The van der Waals surface area contributed by atoms with E-state index in [0.29, 0.717) is 12.5 Å². The smallest absolute Gasteiger partial charge is 0.176 e. The Hall–Kier alpha value is -1.49. The normalized spacial score (nSPS) is 9.69. The molecule has 0 aliphatic carbocycles. The van der Waals surface area contributed by atoms with E-state index in [9.17, 15) is 0 Å². The molecule has 0 saturated carbocycles. The van der Waals surface area contributed by atoms with E-state index >= 15 is 0 Å². The van der Waals surface area contributed by atoms with Crippen LogP contribution in [0.1, 0.15) is 30.9 Å². The van der Waals surface area contributed by atoms with Crippen molar-refractivity contribution in [2.75, 3.05) is 0 Å². The molecule has 0 heterocycles. The topological polar surface area (TPSA) is 35.8 Å². The molecule has 1 aromatic carbocycles. The fraction of sp³-hybridized carbons (Fsp3) is 0.364. The summed E-state index contributed by atoms with van der Waals surface area (Å²) in [5.41, 5.74) is 2.48. The van der Waals surface area contributed by atoms with E-state index in [0.717, 1.165) is 5.56 Å². The Morgan fingerprint density at radius 1 is 1.31 bits per heavy atom. The molecule has 0 unspecified atom stereocenters. The lowest BCUT2D eigenvalue weighted by Crippen LogP contribution is -2.04. The number of benzene rings is 1. The summed E-state index contributed by atoms with van der Waals surface area (Å²) in [6, 6.07) is 8.33. The molecule has 2 nitrogen and oxygen atoms in total. The molecule has 0 aliphatic rings. The number of rotatable bonds is 3. The molecule has 2 heteroatoms. The van der Waals surface area contributed by atoms with E-state index in [2.05, 4.69) is 43.4 Å². The summed E-state index contributed by atoms with van der Waals surface area (Å²) in [6.45, 7) is 4.96. The molecule has 0 saturated heterocycles. The van der Waals surface area contributed by atoms with Gasteiger partial charge < -0.3 is 5.32 Å². The fourth-order valence-electron chi connectivity index (χ4n) is 1.16. The van der Waals surface area contributed by atoms with Crippen LogP contribution in [0.15, 0.2) is 24.3 Å². The van der Waals surface area contributed by atoms with Crippen molar-refractivity contribution in [3.8, 4) is 6.19 Å². The Bertz CT molecular complexity index is 293. The van der Waals surface area contributed by atoms with Gasteiger partial charge in [-0.25, -0.2) is 0 Å².